The van der Waals surface area contributed by atoms with E-state index in [1.54, 1.807) is 19.1 Å². The van der Waals surface area contributed by atoms with Gasteiger partial charge in [-0.1, -0.05) is 34.1 Å². The lowest BCUT2D eigenvalue weighted by molar-refractivity contribution is -0.122. The molecule has 4 amide bonds. The molecule has 206 valence electrons. The molecule has 0 saturated carbocycles. The van der Waals surface area contributed by atoms with Crippen molar-refractivity contribution in [3.63, 3.8) is 0 Å². The predicted molar refractivity (Wildman–Crippen MR) is 155 cm³/mol. The maximum atomic E-state index is 13.3. The third kappa shape index (κ3) is 6.43. The number of carbonyl (C=O) groups is 4. The number of nitrogens with one attached hydrogen (secondary N) is 1. The van der Waals surface area contributed by atoms with Gasteiger partial charge >= 0.3 is 12.0 Å². The van der Waals surface area contributed by atoms with E-state index in [0.29, 0.717) is 28.1 Å². The van der Waals surface area contributed by atoms with Gasteiger partial charge in [0.2, 0.25) is 0 Å². The summed E-state index contributed by atoms with van der Waals surface area (Å²) in [6.45, 7) is 4.34. The van der Waals surface area contributed by atoms with Crippen molar-refractivity contribution in [2.75, 3.05) is 18.1 Å². The molecular weight excluding hydrogens is 648 g/mol. The van der Waals surface area contributed by atoms with Crippen LogP contribution >= 0.6 is 31.9 Å². The van der Waals surface area contributed by atoms with Gasteiger partial charge in [0, 0.05) is 10.0 Å². The Morgan fingerprint density at radius 1 is 0.925 bits per heavy atom. The Morgan fingerprint density at radius 2 is 1.65 bits per heavy atom. The van der Waals surface area contributed by atoms with Crippen LogP contribution in [0.5, 0.6) is 11.5 Å². The summed E-state index contributed by atoms with van der Waals surface area (Å²) in [4.78, 5) is 51.4. The Kier molecular flexibility index (Phi) is 9.38. The Hall–Kier alpha value is -3.96. The molecule has 4 rings (SSSR count). The first kappa shape index (κ1) is 29.0. The van der Waals surface area contributed by atoms with Crippen molar-refractivity contribution >= 4 is 67.4 Å². The van der Waals surface area contributed by atoms with Crippen molar-refractivity contribution < 1.29 is 33.4 Å². The van der Waals surface area contributed by atoms with Crippen LogP contribution in [0.25, 0.3) is 6.08 Å². The molecule has 1 N–H and O–H groups in total. The van der Waals surface area contributed by atoms with Crippen LogP contribution in [0.3, 0.4) is 0 Å². The van der Waals surface area contributed by atoms with Gasteiger partial charge in [0.1, 0.15) is 12.2 Å². The average Bonchev–Trinajstić information content (AvgIpc) is 2.92. The molecule has 3 aromatic carbocycles. The Morgan fingerprint density at radius 3 is 2.33 bits per heavy atom. The van der Waals surface area contributed by atoms with Crippen LogP contribution in [0.1, 0.15) is 35.3 Å². The largest absolute Gasteiger partial charge is 0.490 e. The average molecular weight is 672 g/mol. The van der Waals surface area contributed by atoms with E-state index in [9.17, 15) is 19.2 Å². The van der Waals surface area contributed by atoms with Crippen LogP contribution in [0.2, 0.25) is 0 Å². The van der Waals surface area contributed by atoms with Crippen molar-refractivity contribution in [2.24, 2.45) is 0 Å². The normalized spacial score (nSPS) is 14.2. The number of carbonyl (C=O) groups excluding carboxylic acids is 4. The first-order valence-electron chi connectivity index (χ1n) is 12.2. The van der Waals surface area contributed by atoms with E-state index >= 15 is 0 Å². The monoisotopic (exact) mass is 670 g/mol. The molecule has 9 nitrogen and oxygen atoms in total. The molecule has 1 aliphatic rings. The van der Waals surface area contributed by atoms with E-state index in [-0.39, 0.29) is 30.0 Å². The molecule has 0 aliphatic carbocycles. The van der Waals surface area contributed by atoms with E-state index in [4.69, 9.17) is 14.2 Å². The number of urea groups is 1. The first-order chi connectivity index (χ1) is 19.2. The molecule has 0 aromatic heterocycles. The first-order valence-corrected chi connectivity index (χ1v) is 13.8. The van der Waals surface area contributed by atoms with Crippen LogP contribution < -0.4 is 19.7 Å². The number of imide groups is 2. The van der Waals surface area contributed by atoms with Gasteiger partial charge in [0.05, 0.1) is 28.9 Å². The molecule has 1 heterocycles. The Balaban J connectivity index is 1.63. The second-order valence-electron chi connectivity index (χ2n) is 8.37. The number of esters is 1. The summed E-state index contributed by atoms with van der Waals surface area (Å²) in [5.74, 6) is -1.32. The van der Waals surface area contributed by atoms with Crippen LogP contribution in [0.15, 0.2) is 75.2 Å². The van der Waals surface area contributed by atoms with Gasteiger partial charge in [0.15, 0.2) is 11.5 Å². The molecule has 0 bridgehead atoms. The van der Waals surface area contributed by atoms with Crippen LogP contribution in [-0.2, 0) is 20.9 Å². The Labute approximate surface area is 247 Å². The molecule has 1 saturated heterocycles. The van der Waals surface area contributed by atoms with Crippen LogP contribution in [-0.4, -0.2) is 37.0 Å². The van der Waals surface area contributed by atoms with Gasteiger partial charge in [-0.3, -0.25) is 14.9 Å². The summed E-state index contributed by atoms with van der Waals surface area (Å²) in [6.07, 6.45) is 1.37. The number of halogens is 2. The van der Waals surface area contributed by atoms with Gasteiger partial charge < -0.3 is 14.2 Å². The third-order valence-electron chi connectivity index (χ3n) is 5.71. The minimum absolute atomic E-state index is 0.181. The topological polar surface area (TPSA) is 111 Å². The summed E-state index contributed by atoms with van der Waals surface area (Å²) in [7, 11) is 0. The van der Waals surface area contributed by atoms with E-state index in [1.807, 2.05) is 31.2 Å². The molecule has 11 heteroatoms. The highest BCUT2D eigenvalue weighted by Crippen LogP contribution is 2.38. The molecule has 0 spiro atoms. The summed E-state index contributed by atoms with van der Waals surface area (Å²) < 4.78 is 18.3. The predicted octanol–water partition coefficient (Wildman–Crippen LogP) is 6.03. The fourth-order valence-electron chi connectivity index (χ4n) is 3.86. The number of barbiturate groups is 1. The smallest absolute Gasteiger partial charge is 0.338 e. The highest BCUT2D eigenvalue weighted by molar-refractivity contribution is 9.10. The summed E-state index contributed by atoms with van der Waals surface area (Å²) >= 11 is 7.02. The minimum Gasteiger partial charge on any atom is -0.490 e. The van der Waals surface area contributed by atoms with Gasteiger partial charge in [-0.25, -0.2) is 14.5 Å². The summed E-state index contributed by atoms with van der Waals surface area (Å²) in [6, 6.07) is 15.8. The fraction of sp³-hybridized carbons (Fsp3) is 0.172. The lowest BCUT2D eigenvalue weighted by Gasteiger charge is -2.26. The van der Waals surface area contributed by atoms with E-state index in [0.717, 1.165) is 14.9 Å². The quantitative estimate of drug-likeness (QED) is 0.168. The number of hydrogen-bond acceptors (Lipinski definition) is 7. The zero-order valence-electron chi connectivity index (χ0n) is 21.5. The number of ether oxygens (including phenoxy) is 3. The molecule has 1 fully saturated rings. The maximum absolute atomic E-state index is 13.3. The van der Waals surface area contributed by atoms with Crippen molar-refractivity contribution in [1.29, 1.82) is 0 Å². The molecule has 0 atom stereocenters. The summed E-state index contributed by atoms with van der Waals surface area (Å²) in [5.41, 5.74) is 1.59. The number of amides is 4. The molecule has 40 heavy (non-hydrogen) atoms. The molecule has 3 aromatic rings. The van der Waals surface area contributed by atoms with Crippen LogP contribution in [0, 0.1) is 0 Å². The molecule has 0 radical (unpaired) electrons. The standard InChI is InChI=1S/C29H24Br2N2O7/c1-3-38-24-15-17(14-23(31)25(24)40-16-19-7-5-6-8-22(19)30)13-21-26(34)32-29(37)33(27(21)35)20-11-9-18(10-12-20)28(36)39-4-2/h5-15H,3-4,16H2,1-2H3,(H,32,34,37)/b21-13+. The van der Waals surface area contributed by atoms with Gasteiger partial charge in [0.25, 0.3) is 11.8 Å². The van der Waals surface area contributed by atoms with Crippen molar-refractivity contribution in [3.8, 4) is 11.5 Å². The Bertz CT molecular complexity index is 1500. The highest BCUT2D eigenvalue weighted by atomic mass is 79.9. The van der Waals surface area contributed by atoms with Gasteiger partial charge in [-0.15, -0.1) is 0 Å². The van der Waals surface area contributed by atoms with Gasteiger partial charge in [-0.05, 0) is 83.9 Å². The van der Waals surface area contributed by atoms with Gasteiger partial charge in [-0.2, -0.15) is 0 Å². The molecule has 0 unspecified atom stereocenters. The SMILES string of the molecule is CCOC(=O)c1ccc(N2C(=O)NC(=O)/C(=C\c3cc(Br)c(OCc4ccccc4Br)c(OCC)c3)C2=O)cc1. The number of benzene rings is 3. The fourth-order valence-corrected chi connectivity index (χ4v) is 4.83. The number of hydrogen-bond donors (Lipinski definition) is 1. The molecule has 1 aliphatic heterocycles. The third-order valence-corrected chi connectivity index (χ3v) is 7.07. The minimum atomic E-state index is -0.900. The maximum Gasteiger partial charge on any atom is 0.338 e. The van der Waals surface area contributed by atoms with E-state index in [2.05, 4.69) is 37.2 Å². The second kappa shape index (κ2) is 12.9. The highest BCUT2D eigenvalue weighted by Gasteiger charge is 2.37. The van der Waals surface area contributed by atoms with E-state index in [1.165, 1.54) is 30.3 Å². The van der Waals surface area contributed by atoms with Crippen LogP contribution in [0.4, 0.5) is 10.5 Å². The number of anilines is 1. The lowest BCUT2D eigenvalue weighted by Crippen LogP contribution is -2.54. The number of rotatable bonds is 9. The van der Waals surface area contributed by atoms with Crippen molar-refractivity contribution in [3.05, 3.63) is 91.9 Å². The lowest BCUT2D eigenvalue weighted by atomic mass is 10.1. The number of nitrogens with zero attached hydrogens (tertiary/aromatic N) is 1. The summed E-state index contributed by atoms with van der Waals surface area (Å²) in [5, 5.41) is 2.19. The second-order valence-corrected chi connectivity index (χ2v) is 10.1. The zero-order chi connectivity index (χ0) is 28.8. The van der Waals surface area contributed by atoms with Crippen molar-refractivity contribution in [2.45, 2.75) is 20.5 Å². The van der Waals surface area contributed by atoms with Crippen molar-refractivity contribution in [1.82, 2.24) is 5.32 Å². The zero-order valence-corrected chi connectivity index (χ0v) is 24.7. The van der Waals surface area contributed by atoms with E-state index < -0.39 is 23.8 Å². The molecular formula is C29H24Br2N2O7.